The number of methoxy groups -OCH3 is 1. The van der Waals surface area contributed by atoms with Crippen LogP contribution in [0.3, 0.4) is 0 Å². The van der Waals surface area contributed by atoms with Crippen LogP contribution < -0.4 is 15.4 Å². The molecule has 214 valence electrons. The van der Waals surface area contributed by atoms with Crippen molar-refractivity contribution in [3.05, 3.63) is 89.2 Å². The van der Waals surface area contributed by atoms with Crippen molar-refractivity contribution in [1.29, 1.82) is 0 Å². The van der Waals surface area contributed by atoms with E-state index >= 15 is 0 Å². The summed E-state index contributed by atoms with van der Waals surface area (Å²) in [5, 5.41) is 6.29. The van der Waals surface area contributed by atoms with Crippen LogP contribution in [0, 0.1) is 5.82 Å². The van der Waals surface area contributed by atoms with Crippen LogP contribution in [0.2, 0.25) is 0 Å². The molecular weight excluding hydrogens is 538 g/mol. The summed E-state index contributed by atoms with van der Waals surface area (Å²) in [6.07, 6.45) is -4.65. The van der Waals surface area contributed by atoms with Crippen molar-refractivity contribution < 1.29 is 27.1 Å². The number of nitrogens with zero attached hydrogens (tertiary/aromatic N) is 3. The van der Waals surface area contributed by atoms with Crippen LogP contribution >= 0.6 is 0 Å². The summed E-state index contributed by atoms with van der Waals surface area (Å²) in [4.78, 5) is 21.6. The fourth-order valence-corrected chi connectivity index (χ4v) is 4.78. The Morgan fingerprint density at radius 1 is 1.00 bits per heavy atom. The SMILES string of the molecule is COc1cccc2nc(Nc3ccc(F)c(NC(=O)c4ccc(CN5CCN(C)CC5)c(C(F)(F)F)c4)c3)ccc12. The van der Waals surface area contributed by atoms with Gasteiger partial charge in [-0.2, -0.15) is 13.2 Å². The lowest BCUT2D eigenvalue weighted by atomic mass is 10.0. The third-order valence-electron chi connectivity index (χ3n) is 7.07. The number of fused-ring (bicyclic) bond motifs is 1. The molecule has 7 nitrogen and oxygen atoms in total. The first-order chi connectivity index (χ1) is 19.6. The summed E-state index contributed by atoms with van der Waals surface area (Å²) >= 11 is 0. The average Bonchev–Trinajstić information content (AvgIpc) is 2.95. The van der Waals surface area contributed by atoms with Crippen LogP contribution in [0.1, 0.15) is 21.5 Å². The molecule has 0 aliphatic carbocycles. The van der Waals surface area contributed by atoms with Crippen LogP contribution in [0.25, 0.3) is 10.9 Å². The highest BCUT2D eigenvalue weighted by Crippen LogP contribution is 2.34. The quantitative estimate of drug-likeness (QED) is 0.262. The number of piperazine rings is 1. The summed E-state index contributed by atoms with van der Waals surface area (Å²) in [5.41, 5.74) is -0.0770. The van der Waals surface area contributed by atoms with Crippen molar-refractivity contribution in [3.63, 3.8) is 0 Å². The molecule has 1 saturated heterocycles. The van der Waals surface area contributed by atoms with Gasteiger partial charge in [-0.1, -0.05) is 12.1 Å². The molecule has 1 aliphatic heterocycles. The lowest BCUT2D eigenvalue weighted by molar-refractivity contribution is -0.138. The standard InChI is InChI=1S/C30H29F4N5O2/c1-38-12-14-39(15-13-38)18-20-7-6-19(16-23(20)30(32,33)34)29(40)37-26-17-21(8-10-24(26)31)35-28-11-9-22-25(36-28)4-3-5-27(22)41-2/h3-11,16-17H,12-15,18H2,1-2H3,(H,35,36)(H,37,40). The van der Waals surface area contributed by atoms with Crippen molar-refractivity contribution in [2.24, 2.45) is 0 Å². The molecule has 2 N–H and O–H groups in total. The number of alkyl halides is 3. The molecule has 0 atom stereocenters. The van der Waals surface area contributed by atoms with Crippen molar-refractivity contribution in [1.82, 2.24) is 14.8 Å². The maximum atomic E-state index is 14.6. The molecule has 2 heterocycles. The number of ether oxygens (including phenoxy) is 1. The van der Waals surface area contributed by atoms with Crippen LogP contribution in [-0.2, 0) is 12.7 Å². The van der Waals surface area contributed by atoms with E-state index in [1.807, 2.05) is 36.2 Å². The molecule has 3 aromatic carbocycles. The second kappa shape index (κ2) is 11.7. The van der Waals surface area contributed by atoms with Crippen molar-refractivity contribution in [3.8, 4) is 5.75 Å². The normalized spacial score (nSPS) is 14.7. The molecule has 11 heteroatoms. The Kier molecular flexibility index (Phi) is 8.09. The van der Waals surface area contributed by atoms with Gasteiger partial charge in [0, 0.05) is 49.4 Å². The highest BCUT2D eigenvalue weighted by Gasteiger charge is 2.34. The van der Waals surface area contributed by atoms with Crippen LogP contribution in [-0.4, -0.2) is 61.0 Å². The monoisotopic (exact) mass is 567 g/mol. The second-order valence-electron chi connectivity index (χ2n) is 9.95. The van der Waals surface area contributed by atoms with E-state index in [9.17, 15) is 22.4 Å². The van der Waals surface area contributed by atoms with Gasteiger partial charge in [0.05, 0.1) is 23.9 Å². The Hall–Kier alpha value is -4.22. The summed E-state index contributed by atoms with van der Waals surface area (Å²) in [6.45, 7) is 2.98. The Morgan fingerprint density at radius 3 is 2.51 bits per heavy atom. The van der Waals surface area contributed by atoms with E-state index in [0.29, 0.717) is 35.9 Å². The predicted octanol–water partition coefficient (Wildman–Crippen LogP) is 6.14. The number of pyridine rings is 1. The fourth-order valence-electron chi connectivity index (χ4n) is 4.78. The third kappa shape index (κ3) is 6.58. The van der Waals surface area contributed by atoms with E-state index in [0.717, 1.165) is 30.6 Å². The zero-order valence-corrected chi connectivity index (χ0v) is 22.6. The summed E-state index contributed by atoms with van der Waals surface area (Å²) < 4.78 is 61.9. The molecule has 0 radical (unpaired) electrons. The Bertz CT molecular complexity index is 1570. The fraction of sp³-hybridized carbons (Fsp3) is 0.267. The molecule has 1 amide bonds. The second-order valence-corrected chi connectivity index (χ2v) is 9.95. The van der Waals surface area contributed by atoms with Crippen molar-refractivity contribution in [2.75, 3.05) is 51.0 Å². The number of aromatic nitrogens is 1. The van der Waals surface area contributed by atoms with Gasteiger partial charge in [-0.25, -0.2) is 9.37 Å². The molecule has 0 unspecified atom stereocenters. The lowest BCUT2D eigenvalue weighted by Crippen LogP contribution is -2.44. The number of likely N-dealkylation sites (N-methyl/N-ethyl adjacent to an activating group) is 1. The topological polar surface area (TPSA) is 69.7 Å². The van der Waals surface area contributed by atoms with E-state index in [1.54, 1.807) is 13.2 Å². The van der Waals surface area contributed by atoms with Crippen molar-refractivity contribution >= 4 is 34.0 Å². The van der Waals surface area contributed by atoms with Gasteiger partial charge in [0.25, 0.3) is 5.91 Å². The summed E-state index contributed by atoms with van der Waals surface area (Å²) in [7, 11) is 3.54. The van der Waals surface area contributed by atoms with Gasteiger partial charge >= 0.3 is 6.18 Å². The number of halogens is 4. The number of anilines is 3. The number of benzene rings is 3. The zero-order chi connectivity index (χ0) is 29.1. The Morgan fingerprint density at radius 2 is 1.78 bits per heavy atom. The maximum absolute atomic E-state index is 14.6. The predicted molar refractivity (Wildman–Crippen MR) is 150 cm³/mol. The molecule has 1 aromatic heterocycles. The van der Waals surface area contributed by atoms with Gasteiger partial charge < -0.3 is 20.3 Å². The van der Waals surface area contributed by atoms with Gasteiger partial charge in [0.2, 0.25) is 0 Å². The molecule has 41 heavy (non-hydrogen) atoms. The molecule has 5 rings (SSSR count). The van der Waals surface area contributed by atoms with E-state index in [-0.39, 0.29) is 23.4 Å². The number of carbonyl (C=O) groups excluding carboxylic acids is 1. The van der Waals surface area contributed by atoms with Crippen LogP contribution in [0.5, 0.6) is 5.75 Å². The van der Waals surface area contributed by atoms with E-state index < -0.39 is 23.5 Å². The minimum absolute atomic E-state index is 0.0940. The van der Waals surface area contributed by atoms with Gasteiger partial charge in [-0.15, -0.1) is 0 Å². The van der Waals surface area contributed by atoms with E-state index in [2.05, 4.69) is 20.5 Å². The largest absolute Gasteiger partial charge is 0.496 e. The van der Waals surface area contributed by atoms with Gasteiger partial charge in [-0.3, -0.25) is 9.69 Å². The first-order valence-electron chi connectivity index (χ1n) is 13.0. The van der Waals surface area contributed by atoms with Crippen LogP contribution in [0.4, 0.5) is 34.8 Å². The molecular formula is C30H29F4N5O2. The zero-order valence-electron chi connectivity index (χ0n) is 22.6. The Labute approximate surface area is 234 Å². The number of hydrogen-bond acceptors (Lipinski definition) is 6. The minimum Gasteiger partial charge on any atom is -0.496 e. The van der Waals surface area contributed by atoms with Gasteiger partial charge in [0.1, 0.15) is 17.4 Å². The molecule has 0 spiro atoms. The summed E-state index contributed by atoms with van der Waals surface area (Å²) in [6, 6.07) is 16.5. The van der Waals surface area contributed by atoms with Crippen molar-refractivity contribution in [2.45, 2.75) is 12.7 Å². The Balaban J connectivity index is 1.34. The highest BCUT2D eigenvalue weighted by atomic mass is 19.4. The number of rotatable bonds is 7. The number of amides is 1. The number of carbonyl (C=O) groups is 1. The third-order valence-corrected chi connectivity index (χ3v) is 7.07. The van der Waals surface area contributed by atoms with E-state index in [4.69, 9.17) is 4.74 Å². The molecule has 4 aromatic rings. The highest BCUT2D eigenvalue weighted by molar-refractivity contribution is 6.04. The maximum Gasteiger partial charge on any atom is 0.416 e. The smallest absolute Gasteiger partial charge is 0.416 e. The number of hydrogen-bond donors (Lipinski definition) is 2. The molecule has 1 fully saturated rings. The minimum atomic E-state index is -4.65. The molecule has 0 bridgehead atoms. The van der Waals surface area contributed by atoms with E-state index in [1.165, 1.54) is 24.3 Å². The van der Waals surface area contributed by atoms with Gasteiger partial charge in [-0.05, 0) is 67.2 Å². The lowest BCUT2D eigenvalue weighted by Gasteiger charge is -2.33. The average molecular weight is 568 g/mol. The molecule has 1 aliphatic rings. The summed E-state index contributed by atoms with van der Waals surface area (Å²) in [5.74, 6) is -0.439. The first kappa shape index (κ1) is 28.3. The molecule has 0 saturated carbocycles. The number of nitrogens with one attached hydrogen (secondary N) is 2. The van der Waals surface area contributed by atoms with Crippen LogP contribution in [0.15, 0.2) is 66.7 Å². The first-order valence-corrected chi connectivity index (χ1v) is 13.0. The van der Waals surface area contributed by atoms with Gasteiger partial charge in [0.15, 0.2) is 0 Å².